The highest BCUT2D eigenvalue weighted by molar-refractivity contribution is 9.10. The zero-order valence-electron chi connectivity index (χ0n) is 20.3. The molecule has 5 nitrogen and oxygen atoms in total. The standard InChI is InChI=1S/C31H24BrN3O2/c1-20-11-13-22(14-12-20)26-18-28-24-17-23(32)15-16-29(24)37-31(35(28)33-26)25-9-5-6-10-27(25)34(30(31)36)19-21-7-3-2-4-8-21/h2-17,28H,18-19H2,1H3/t28-,31-/m0/s1. The maximum Gasteiger partial charge on any atom is 0.306 e. The maximum atomic E-state index is 14.5. The number of rotatable bonds is 3. The van der Waals surface area contributed by atoms with Crippen molar-refractivity contribution in [2.75, 3.05) is 4.90 Å². The monoisotopic (exact) mass is 549 g/mol. The molecule has 0 unspecified atom stereocenters. The largest absolute Gasteiger partial charge is 0.453 e. The predicted molar refractivity (Wildman–Crippen MR) is 147 cm³/mol. The van der Waals surface area contributed by atoms with Crippen LogP contribution in [0.5, 0.6) is 5.75 Å². The van der Waals surface area contributed by atoms with Crippen LogP contribution in [-0.2, 0) is 17.1 Å². The van der Waals surface area contributed by atoms with Crippen LogP contribution in [0.1, 0.15) is 40.3 Å². The summed E-state index contributed by atoms with van der Waals surface area (Å²) in [4.78, 5) is 16.4. The van der Waals surface area contributed by atoms with Gasteiger partial charge in [0, 0.05) is 16.5 Å². The van der Waals surface area contributed by atoms with Gasteiger partial charge in [0.1, 0.15) is 5.75 Å². The Hall–Kier alpha value is -3.90. The van der Waals surface area contributed by atoms with Gasteiger partial charge in [-0.3, -0.25) is 4.79 Å². The molecule has 6 heteroatoms. The minimum atomic E-state index is -1.37. The zero-order valence-corrected chi connectivity index (χ0v) is 21.9. The fourth-order valence-corrected chi connectivity index (χ4v) is 6.07. The molecule has 3 heterocycles. The number of nitrogens with zero attached hydrogens (tertiary/aromatic N) is 3. The van der Waals surface area contributed by atoms with Crippen molar-refractivity contribution in [1.82, 2.24) is 5.01 Å². The van der Waals surface area contributed by atoms with Gasteiger partial charge in [0.15, 0.2) is 0 Å². The van der Waals surface area contributed by atoms with Gasteiger partial charge in [0.05, 0.1) is 29.5 Å². The molecular weight excluding hydrogens is 526 g/mol. The third-order valence-electron chi connectivity index (χ3n) is 7.48. The van der Waals surface area contributed by atoms with Gasteiger partial charge in [-0.2, -0.15) is 5.10 Å². The Morgan fingerprint density at radius 3 is 2.54 bits per heavy atom. The van der Waals surface area contributed by atoms with Gasteiger partial charge < -0.3 is 9.64 Å². The average Bonchev–Trinajstić information content (AvgIpc) is 3.46. The lowest BCUT2D eigenvalue weighted by Crippen LogP contribution is -2.57. The topological polar surface area (TPSA) is 45.1 Å². The van der Waals surface area contributed by atoms with Crippen LogP contribution < -0.4 is 9.64 Å². The number of hydrazone groups is 1. The van der Waals surface area contributed by atoms with E-state index in [1.54, 1.807) is 0 Å². The molecule has 1 spiro atoms. The van der Waals surface area contributed by atoms with Crippen LogP contribution in [0, 0.1) is 6.92 Å². The number of benzene rings is 4. The number of carbonyl (C=O) groups excluding carboxylic acids is 1. The highest BCUT2D eigenvalue weighted by Gasteiger charge is 2.63. The lowest BCUT2D eigenvalue weighted by atomic mass is 9.92. The fourth-order valence-electron chi connectivity index (χ4n) is 5.69. The molecule has 0 saturated carbocycles. The van der Waals surface area contributed by atoms with E-state index in [2.05, 4.69) is 53.2 Å². The van der Waals surface area contributed by atoms with Crippen molar-refractivity contribution >= 4 is 33.2 Å². The Morgan fingerprint density at radius 1 is 0.973 bits per heavy atom. The summed E-state index contributed by atoms with van der Waals surface area (Å²) >= 11 is 3.63. The van der Waals surface area contributed by atoms with Crippen LogP contribution in [0.4, 0.5) is 5.69 Å². The van der Waals surface area contributed by atoms with Crippen molar-refractivity contribution in [3.8, 4) is 5.75 Å². The first-order valence-corrected chi connectivity index (χ1v) is 13.2. The van der Waals surface area contributed by atoms with Gasteiger partial charge >= 0.3 is 5.72 Å². The van der Waals surface area contributed by atoms with Crippen LogP contribution in [0.3, 0.4) is 0 Å². The SMILES string of the molecule is Cc1ccc(C2=NN3[C@@H](C2)c2cc(Br)ccc2O[C@@]32C(=O)N(Cc3ccccc3)c3ccccc32)cc1. The summed E-state index contributed by atoms with van der Waals surface area (Å²) in [6.07, 6.45) is 0.686. The van der Waals surface area contributed by atoms with E-state index in [0.717, 1.165) is 43.9 Å². The minimum absolute atomic E-state index is 0.120. The second-order valence-corrected chi connectivity index (χ2v) is 10.7. The first kappa shape index (κ1) is 22.3. The summed E-state index contributed by atoms with van der Waals surface area (Å²) in [6, 6.07) is 32.3. The molecule has 3 aliphatic rings. The highest BCUT2D eigenvalue weighted by Crippen LogP contribution is 2.56. The maximum absolute atomic E-state index is 14.5. The van der Waals surface area contributed by atoms with Crippen molar-refractivity contribution in [2.24, 2.45) is 5.10 Å². The third-order valence-corrected chi connectivity index (χ3v) is 7.98. The summed E-state index contributed by atoms with van der Waals surface area (Å²) in [5.41, 5.74) is 5.61. The number of hydrogen-bond acceptors (Lipinski definition) is 4. The normalized spacial score (nSPS) is 21.4. The lowest BCUT2D eigenvalue weighted by molar-refractivity contribution is -0.164. The van der Waals surface area contributed by atoms with Crippen molar-refractivity contribution in [3.05, 3.63) is 129 Å². The van der Waals surface area contributed by atoms with Crippen LogP contribution in [0.15, 0.2) is 107 Å². The van der Waals surface area contributed by atoms with Crippen molar-refractivity contribution in [1.29, 1.82) is 0 Å². The smallest absolute Gasteiger partial charge is 0.306 e. The Morgan fingerprint density at radius 2 is 1.73 bits per heavy atom. The molecule has 37 heavy (non-hydrogen) atoms. The molecular formula is C31H24BrN3O2. The molecule has 3 aliphatic heterocycles. The molecule has 0 aromatic heterocycles. The van der Waals surface area contributed by atoms with Crippen LogP contribution in [-0.4, -0.2) is 16.6 Å². The Kier molecular flexibility index (Phi) is 5.01. The van der Waals surface area contributed by atoms with E-state index in [1.165, 1.54) is 5.56 Å². The predicted octanol–water partition coefficient (Wildman–Crippen LogP) is 6.70. The van der Waals surface area contributed by atoms with E-state index in [-0.39, 0.29) is 11.9 Å². The average molecular weight is 550 g/mol. The number of hydrogen-bond donors (Lipinski definition) is 0. The number of carbonyl (C=O) groups is 1. The van der Waals surface area contributed by atoms with Gasteiger partial charge in [0.2, 0.25) is 0 Å². The second-order valence-electron chi connectivity index (χ2n) is 9.80. The molecule has 0 aliphatic carbocycles. The number of amides is 1. The molecule has 4 aromatic carbocycles. The lowest BCUT2D eigenvalue weighted by Gasteiger charge is -2.44. The summed E-state index contributed by atoms with van der Waals surface area (Å²) in [6.45, 7) is 2.54. The Labute approximate surface area is 224 Å². The van der Waals surface area contributed by atoms with E-state index in [1.807, 2.05) is 76.6 Å². The van der Waals surface area contributed by atoms with Crippen molar-refractivity contribution in [3.63, 3.8) is 0 Å². The van der Waals surface area contributed by atoms with Crippen LogP contribution >= 0.6 is 15.9 Å². The van der Waals surface area contributed by atoms with Gasteiger partial charge in [-0.1, -0.05) is 94.3 Å². The summed E-state index contributed by atoms with van der Waals surface area (Å²) in [5.74, 6) is 0.597. The first-order valence-electron chi connectivity index (χ1n) is 12.4. The molecule has 182 valence electrons. The summed E-state index contributed by atoms with van der Waals surface area (Å²) in [7, 11) is 0. The molecule has 1 amide bonds. The highest BCUT2D eigenvalue weighted by atomic mass is 79.9. The number of fused-ring (bicyclic) bond motifs is 6. The molecule has 2 atom stereocenters. The quantitative estimate of drug-likeness (QED) is 0.285. The Balaban J connectivity index is 1.41. The Bertz CT molecular complexity index is 1570. The first-order chi connectivity index (χ1) is 18.0. The number of para-hydroxylation sites is 1. The molecule has 0 fully saturated rings. The second kappa shape index (κ2) is 8.32. The molecule has 0 saturated heterocycles. The molecule has 7 rings (SSSR count). The van der Waals surface area contributed by atoms with Crippen LogP contribution in [0.2, 0.25) is 0 Å². The number of aryl methyl sites for hydroxylation is 1. The molecule has 4 aromatic rings. The van der Waals surface area contributed by atoms with Gasteiger partial charge in [-0.25, -0.2) is 5.01 Å². The molecule has 0 radical (unpaired) electrons. The van der Waals surface area contributed by atoms with E-state index in [4.69, 9.17) is 9.84 Å². The minimum Gasteiger partial charge on any atom is -0.453 e. The van der Waals surface area contributed by atoms with E-state index >= 15 is 0 Å². The number of ether oxygens (including phenoxy) is 1. The third kappa shape index (κ3) is 3.36. The van der Waals surface area contributed by atoms with E-state index < -0.39 is 5.72 Å². The number of anilines is 1. The van der Waals surface area contributed by atoms with Gasteiger partial charge in [-0.05, 0) is 42.3 Å². The van der Waals surface area contributed by atoms with Crippen LogP contribution in [0.25, 0.3) is 0 Å². The number of halogens is 1. The fraction of sp³-hybridized carbons (Fsp3) is 0.161. The zero-order chi connectivity index (χ0) is 25.1. The van der Waals surface area contributed by atoms with E-state index in [0.29, 0.717) is 13.0 Å². The summed E-state index contributed by atoms with van der Waals surface area (Å²) in [5, 5.41) is 7.05. The van der Waals surface area contributed by atoms with Crippen molar-refractivity contribution in [2.45, 2.75) is 31.7 Å². The molecule has 0 N–H and O–H groups in total. The summed E-state index contributed by atoms with van der Waals surface area (Å²) < 4.78 is 7.74. The van der Waals surface area contributed by atoms with Crippen molar-refractivity contribution < 1.29 is 9.53 Å². The van der Waals surface area contributed by atoms with Gasteiger partial charge in [0.25, 0.3) is 5.91 Å². The molecule has 0 bridgehead atoms. The van der Waals surface area contributed by atoms with E-state index in [9.17, 15) is 4.79 Å². The van der Waals surface area contributed by atoms with Gasteiger partial charge in [-0.15, -0.1) is 0 Å².